The van der Waals surface area contributed by atoms with Crippen molar-refractivity contribution in [2.24, 2.45) is 7.05 Å². The van der Waals surface area contributed by atoms with E-state index in [1.165, 1.54) is 0 Å². The molecule has 1 heterocycles. The van der Waals surface area contributed by atoms with Crippen molar-refractivity contribution in [1.82, 2.24) is 9.78 Å². The first-order valence-electron chi connectivity index (χ1n) is 3.47. The molecule has 0 amide bonds. The van der Waals surface area contributed by atoms with Crippen molar-refractivity contribution in [3.8, 4) is 0 Å². The van der Waals surface area contributed by atoms with Crippen molar-refractivity contribution >= 4 is 12.6 Å². The molecule has 0 saturated heterocycles. The summed E-state index contributed by atoms with van der Waals surface area (Å²) in [7, 11) is -0.324. The van der Waals surface area contributed by atoms with Gasteiger partial charge in [-0.15, -0.1) is 0 Å². The molecule has 0 atom stereocenters. The van der Waals surface area contributed by atoms with E-state index in [1.807, 2.05) is 14.0 Å². The lowest BCUT2D eigenvalue weighted by Gasteiger charge is -2.07. The van der Waals surface area contributed by atoms with E-state index in [0.717, 1.165) is 11.0 Å². The fourth-order valence-corrected chi connectivity index (χ4v) is 2.97. The molecule has 0 radical (unpaired) electrons. The molecular formula is C7H13N2OP. The monoisotopic (exact) mass is 172 g/mol. The molecule has 0 bridgehead atoms. The van der Waals surface area contributed by atoms with Gasteiger partial charge in [0.2, 0.25) is 0 Å². The highest BCUT2D eigenvalue weighted by Crippen LogP contribution is 2.35. The Morgan fingerprint density at radius 1 is 1.55 bits per heavy atom. The van der Waals surface area contributed by atoms with Gasteiger partial charge in [0.05, 0.1) is 11.6 Å². The van der Waals surface area contributed by atoms with E-state index in [2.05, 4.69) is 5.10 Å². The Balaban J connectivity index is 3.33. The Bertz CT molecular complexity index is 291. The van der Waals surface area contributed by atoms with E-state index in [0.29, 0.717) is 0 Å². The second kappa shape index (κ2) is 2.49. The van der Waals surface area contributed by atoms with E-state index >= 15 is 0 Å². The van der Waals surface area contributed by atoms with E-state index in [4.69, 9.17) is 0 Å². The largest absolute Gasteiger partial charge is 0.318 e. The fraction of sp³-hybridized carbons (Fsp3) is 0.571. The number of rotatable bonds is 1. The average molecular weight is 172 g/mol. The third-order valence-electron chi connectivity index (χ3n) is 1.59. The Kier molecular flexibility index (Phi) is 1.93. The molecule has 0 aliphatic heterocycles. The van der Waals surface area contributed by atoms with Crippen LogP contribution in [0, 0.1) is 6.92 Å². The molecule has 4 heteroatoms. The molecule has 1 aromatic rings. The van der Waals surface area contributed by atoms with E-state index < -0.39 is 7.14 Å². The Morgan fingerprint density at radius 3 is 2.27 bits per heavy atom. The zero-order valence-corrected chi connectivity index (χ0v) is 8.22. The molecule has 0 saturated carbocycles. The summed E-state index contributed by atoms with van der Waals surface area (Å²) < 4.78 is 13.3. The van der Waals surface area contributed by atoms with Gasteiger partial charge in [-0.05, 0) is 25.8 Å². The molecule has 1 aromatic heterocycles. The van der Waals surface area contributed by atoms with Crippen LogP contribution >= 0.6 is 7.14 Å². The van der Waals surface area contributed by atoms with Crippen molar-refractivity contribution in [3.63, 3.8) is 0 Å². The lowest BCUT2D eigenvalue weighted by atomic mass is 10.4. The summed E-state index contributed by atoms with van der Waals surface area (Å²) in [6.45, 7) is 5.45. The minimum absolute atomic E-state index is 0.873. The van der Waals surface area contributed by atoms with Gasteiger partial charge in [-0.2, -0.15) is 5.10 Å². The second-order valence-corrected chi connectivity index (χ2v) is 6.25. The first kappa shape index (κ1) is 8.54. The Labute approximate surface area is 66.8 Å². The summed E-state index contributed by atoms with van der Waals surface area (Å²) in [6.07, 6.45) is 1.75. The number of aromatic nitrogens is 2. The highest BCUT2D eigenvalue weighted by Gasteiger charge is 2.17. The summed E-state index contributed by atoms with van der Waals surface area (Å²) in [5.41, 5.74) is 1.89. The first-order valence-corrected chi connectivity index (χ1v) is 6.07. The first-order chi connectivity index (χ1) is 4.93. The predicted molar refractivity (Wildman–Crippen MR) is 47.0 cm³/mol. The quantitative estimate of drug-likeness (QED) is 0.592. The van der Waals surface area contributed by atoms with Crippen LogP contribution in [0.4, 0.5) is 0 Å². The zero-order valence-electron chi connectivity index (χ0n) is 7.33. The molecular weight excluding hydrogens is 159 g/mol. The van der Waals surface area contributed by atoms with Crippen molar-refractivity contribution in [3.05, 3.63) is 11.8 Å². The predicted octanol–water partition coefficient (Wildman–Crippen LogP) is 0.977. The van der Waals surface area contributed by atoms with Crippen molar-refractivity contribution in [2.45, 2.75) is 6.92 Å². The number of aryl methyl sites for hydroxylation is 2. The van der Waals surface area contributed by atoms with Gasteiger partial charge in [-0.25, -0.2) is 0 Å². The van der Waals surface area contributed by atoms with Crippen LogP contribution in [-0.4, -0.2) is 23.1 Å². The normalized spacial score (nSPS) is 12.0. The van der Waals surface area contributed by atoms with Crippen LogP contribution in [0.15, 0.2) is 6.20 Å². The molecule has 3 nitrogen and oxygen atoms in total. The molecule has 11 heavy (non-hydrogen) atoms. The Morgan fingerprint density at radius 2 is 2.09 bits per heavy atom. The van der Waals surface area contributed by atoms with Crippen LogP contribution in [0.5, 0.6) is 0 Å². The van der Waals surface area contributed by atoms with Crippen LogP contribution in [-0.2, 0) is 11.6 Å². The lowest BCUT2D eigenvalue weighted by Crippen LogP contribution is -2.16. The summed E-state index contributed by atoms with van der Waals surface area (Å²) in [5.74, 6) is 0. The molecule has 62 valence electrons. The SMILES string of the molecule is Cc1cnn(C)c1P(C)(C)=O. The van der Waals surface area contributed by atoms with Gasteiger partial charge in [0, 0.05) is 7.05 Å². The Hall–Kier alpha value is -0.560. The highest BCUT2D eigenvalue weighted by molar-refractivity contribution is 7.70. The van der Waals surface area contributed by atoms with Gasteiger partial charge < -0.3 is 4.57 Å². The number of hydrogen-bond donors (Lipinski definition) is 0. The standard InChI is InChI=1S/C7H13N2OP/c1-6-5-8-9(2)7(6)11(3,4)10/h5H,1-4H3. The third kappa shape index (κ3) is 1.54. The summed E-state index contributed by atoms with van der Waals surface area (Å²) in [5, 5.41) is 4.03. The van der Waals surface area contributed by atoms with Crippen molar-refractivity contribution < 1.29 is 4.57 Å². The number of nitrogens with zero attached hydrogens (tertiary/aromatic N) is 2. The maximum absolute atomic E-state index is 11.7. The van der Waals surface area contributed by atoms with E-state index in [1.54, 1.807) is 24.2 Å². The maximum Gasteiger partial charge on any atom is 0.127 e. The topological polar surface area (TPSA) is 34.9 Å². The van der Waals surface area contributed by atoms with Crippen molar-refractivity contribution in [2.75, 3.05) is 13.3 Å². The number of hydrogen-bond acceptors (Lipinski definition) is 2. The second-order valence-electron chi connectivity index (χ2n) is 3.13. The van der Waals surface area contributed by atoms with Gasteiger partial charge in [0.15, 0.2) is 0 Å². The van der Waals surface area contributed by atoms with Gasteiger partial charge in [0.1, 0.15) is 7.14 Å². The molecule has 0 aliphatic rings. The third-order valence-corrected chi connectivity index (χ3v) is 3.26. The minimum atomic E-state index is -2.15. The molecule has 0 aliphatic carbocycles. The molecule has 0 N–H and O–H groups in total. The van der Waals surface area contributed by atoms with Crippen molar-refractivity contribution in [1.29, 1.82) is 0 Å². The lowest BCUT2D eigenvalue weighted by molar-refractivity contribution is 0.586. The summed E-state index contributed by atoms with van der Waals surface area (Å²) in [4.78, 5) is 0. The van der Waals surface area contributed by atoms with Gasteiger partial charge in [0.25, 0.3) is 0 Å². The summed E-state index contributed by atoms with van der Waals surface area (Å²) in [6, 6.07) is 0. The van der Waals surface area contributed by atoms with E-state index in [-0.39, 0.29) is 0 Å². The van der Waals surface area contributed by atoms with Crippen LogP contribution in [0.2, 0.25) is 0 Å². The van der Waals surface area contributed by atoms with Crippen LogP contribution in [0.25, 0.3) is 0 Å². The van der Waals surface area contributed by atoms with Gasteiger partial charge >= 0.3 is 0 Å². The molecule has 0 aromatic carbocycles. The highest BCUT2D eigenvalue weighted by atomic mass is 31.2. The average Bonchev–Trinajstić information content (AvgIpc) is 2.08. The van der Waals surface area contributed by atoms with Gasteiger partial charge in [-0.3, -0.25) is 4.68 Å². The van der Waals surface area contributed by atoms with Crippen LogP contribution in [0.1, 0.15) is 5.56 Å². The molecule has 0 unspecified atom stereocenters. The van der Waals surface area contributed by atoms with Crippen LogP contribution < -0.4 is 5.44 Å². The smallest absolute Gasteiger partial charge is 0.127 e. The minimum Gasteiger partial charge on any atom is -0.318 e. The molecule has 0 spiro atoms. The zero-order chi connectivity index (χ0) is 8.65. The molecule has 1 rings (SSSR count). The summed E-state index contributed by atoms with van der Waals surface area (Å²) >= 11 is 0. The molecule has 0 fully saturated rings. The fourth-order valence-electron chi connectivity index (χ4n) is 1.31. The maximum atomic E-state index is 11.7. The van der Waals surface area contributed by atoms with E-state index in [9.17, 15) is 4.57 Å². The van der Waals surface area contributed by atoms with Crippen LogP contribution in [0.3, 0.4) is 0 Å². The van der Waals surface area contributed by atoms with Gasteiger partial charge in [-0.1, -0.05) is 0 Å².